The van der Waals surface area contributed by atoms with Gasteiger partial charge in [-0.25, -0.2) is 4.79 Å². The highest BCUT2D eigenvalue weighted by Crippen LogP contribution is 2.33. The molecule has 146 valence electrons. The SMILES string of the molecule is CCOC(=O)c1nn2c(-c3ccc(Cl)c(Cl)c3)nn(C(C)=O)c2c1SC(C)=O. The molecule has 2 aromatic heterocycles. The minimum absolute atomic E-state index is 0.0734. The summed E-state index contributed by atoms with van der Waals surface area (Å²) in [4.78, 5) is 36.5. The largest absolute Gasteiger partial charge is 0.461 e. The molecule has 1 aromatic carbocycles. The van der Waals surface area contributed by atoms with Crippen molar-refractivity contribution in [2.75, 3.05) is 6.61 Å². The molecule has 3 rings (SSSR count). The molecule has 8 nitrogen and oxygen atoms in total. The minimum atomic E-state index is -0.704. The monoisotopic (exact) mass is 440 g/mol. The lowest BCUT2D eigenvalue weighted by Crippen LogP contribution is -2.10. The Morgan fingerprint density at radius 2 is 1.86 bits per heavy atom. The van der Waals surface area contributed by atoms with Crippen molar-refractivity contribution in [2.24, 2.45) is 0 Å². The molecule has 11 heteroatoms. The van der Waals surface area contributed by atoms with Crippen LogP contribution in [0.15, 0.2) is 23.1 Å². The number of ether oxygens (including phenoxy) is 1. The van der Waals surface area contributed by atoms with E-state index in [4.69, 9.17) is 27.9 Å². The van der Waals surface area contributed by atoms with Crippen LogP contribution in [0.2, 0.25) is 10.0 Å². The van der Waals surface area contributed by atoms with Gasteiger partial charge < -0.3 is 4.74 Å². The summed E-state index contributed by atoms with van der Waals surface area (Å²) < 4.78 is 7.44. The van der Waals surface area contributed by atoms with E-state index in [1.54, 1.807) is 25.1 Å². The molecule has 0 saturated heterocycles. The summed E-state index contributed by atoms with van der Waals surface area (Å²) in [7, 11) is 0. The highest BCUT2D eigenvalue weighted by Gasteiger charge is 2.29. The first kappa shape index (κ1) is 20.4. The number of fused-ring (bicyclic) bond motifs is 1. The topological polar surface area (TPSA) is 95.6 Å². The quantitative estimate of drug-likeness (QED) is 0.446. The van der Waals surface area contributed by atoms with E-state index in [0.717, 1.165) is 16.4 Å². The Balaban J connectivity index is 2.35. The molecular weight excluding hydrogens is 427 g/mol. The van der Waals surface area contributed by atoms with Gasteiger partial charge in [-0.3, -0.25) is 9.59 Å². The van der Waals surface area contributed by atoms with Crippen molar-refractivity contribution < 1.29 is 19.1 Å². The van der Waals surface area contributed by atoms with E-state index in [1.807, 2.05) is 0 Å². The van der Waals surface area contributed by atoms with Crippen molar-refractivity contribution in [3.8, 4) is 11.4 Å². The zero-order valence-corrected chi connectivity index (χ0v) is 17.4. The van der Waals surface area contributed by atoms with Gasteiger partial charge in [-0.1, -0.05) is 23.2 Å². The van der Waals surface area contributed by atoms with Crippen LogP contribution in [0.5, 0.6) is 0 Å². The van der Waals surface area contributed by atoms with E-state index in [1.165, 1.54) is 18.4 Å². The molecule has 0 atom stereocenters. The number of carbonyl (C=O) groups excluding carboxylic acids is 3. The van der Waals surface area contributed by atoms with E-state index < -0.39 is 11.9 Å². The molecule has 0 amide bonds. The number of thioether (sulfide) groups is 1. The van der Waals surface area contributed by atoms with Crippen LogP contribution in [-0.2, 0) is 9.53 Å². The average molecular weight is 441 g/mol. The number of nitrogens with zero attached hydrogens (tertiary/aromatic N) is 4. The fourth-order valence-corrected chi connectivity index (χ4v) is 3.59. The van der Waals surface area contributed by atoms with Crippen LogP contribution >= 0.6 is 35.0 Å². The summed E-state index contributed by atoms with van der Waals surface area (Å²) in [5.41, 5.74) is 0.643. The maximum absolute atomic E-state index is 12.4. The second-order valence-electron chi connectivity index (χ2n) is 5.61. The second-order valence-corrected chi connectivity index (χ2v) is 7.61. The minimum Gasteiger partial charge on any atom is -0.461 e. The zero-order chi connectivity index (χ0) is 20.6. The molecule has 0 N–H and O–H groups in total. The Morgan fingerprint density at radius 3 is 2.43 bits per heavy atom. The first-order valence-corrected chi connectivity index (χ1v) is 9.65. The van der Waals surface area contributed by atoms with Gasteiger partial charge in [0.05, 0.1) is 21.5 Å². The second kappa shape index (κ2) is 7.94. The lowest BCUT2D eigenvalue weighted by atomic mass is 10.2. The van der Waals surface area contributed by atoms with Gasteiger partial charge in [-0.2, -0.15) is 14.3 Å². The van der Waals surface area contributed by atoms with Crippen molar-refractivity contribution in [2.45, 2.75) is 25.7 Å². The Bertz CT molecular complexity index is 1120. The van der Waals surface area contributed by atoms with Crippen LogP contribution in [0.3, 0.4) is 0 Å². The number of rotatable bonds is 4. The van der Waals surface area contributed by atoms with Gasteiger partial charge in [0.25, 0.3) is 0 Å². The van der Waals surface area contributed by atoms with Gasteiger partial charge in [0.2, 0.25) is 5.91 Å². The van der Waals surface area contributed by atoms with Gasteiger partial charge in [0, 0.05) is 19.4 Å². The highest BCUT2D eigenvalue weighted by molar-refractivity contribution is 8.13. The Morgan fingerprint density at radius 1 is 1.14 bits per heavy atom. The average Bonchev–Trinajstić information content (AvgIpc) is 3.15. The summed E-state index contributed by atoms with van der Waals surface area (Å²) >= 11 is 12.8. The van der Waals surface area contributed by atoms with E-state index in [0.29, 0.717) is 15.6 Å². The predicted octanol–water partition coefficient (Wildman–Crippen LogP) is 3.98. The van der Waals surface area contributed by atoms with Gasteiger partial charge in [0.15, 0.2) is 22.3 Å². The summed E-state index contributed by atoms with van der Waals surface area (Å²) in [6, 6.07) is 4.81. The van der Waals surface area contributed by atoms with Crippen molar-refractivity contribution in [1.82, 2.24) is 19.4 Å². The molecule has 28 heavy (non-hydrogen) atoms. The number of esters is 1. The summed E-state index contributed by atoms with van der Waals surface area (Å²) in [5, 5.41) is 8.93. The summed E-state index contributed by atoms with van der Waals surface area (Å²) in [6.07, 6.45) is 0. The molecule has 2 heterocycles. The van der Waals surface area contributed by atoms with Gasteiger partial charge in [0.1, 0.15) is 0 Å². The molecule has 0 aliphatic heterocycles. The fourth-order valence-electron chi connectivity index (χ4n) is 2.52. The first-order valence-electron chi connectivity index (χ1n) is 8.08. The third-order valence-electron chi connectivity index (χ3n) is 3.61. The van der Waals surface area contributed by atoms with Crippen LogP contribution < -0.4 is 0 Å². The number of hydrogen-bond donors (Lipinski definition) is 0. The molecule has 0 bridgehead atoms. The summed E-state index contributed by atoms with van der Waals surface area (Å²) in [6.45, 7) is 4.45. The van der Waals surface area contributed by atoms with Crippen LogP contribution in [0.4, 0.5) is 0 Å². The lowest BCUT2D eigenvalue weighted by Gasteiger charge is -2.02. The predicted molar refractivity (Wildman–Crippen MR) is 105 cm³/mol. The number of hydrogen-bond acceptors (Lipinski definition) is 7. The van der Waals surface area contributed by atoms with Crippen molar-refractivity contribution in [3.63, 3.8) is 0 Å². The molecule has 0 unspecified atom stereocenters. The van der Waals surface area contributed by atoms with Crippen molar-refractivity contribution in [3.05, 3.63) is 33.9 Å². The molecule has 0 aliphatic carbocycles. The molecule has 0 saturated carbocycles. The van der Waals surface area contributed by atoms with Gasteiger partial charge >= 0.3 is 5.97 Å². The fraction of sp³-hybridized carbons (Fsp3) is 0.235. The Labute approximate surface area is 173 Å². The molecule has 0 aliphatic rings. The number of halogens is 2. The summed E-state index contributed by atoms with van der Waals surface area (Å²) in [5.74, 6) is -0.869. The smallest absolute Gasteiger partial charge is 0.360 e. The lowest BCUT2D eigenvalue weighted by molar-refractivity contribution is -0.109. The van der Waals surface area contributed by atoms with E-state index >= 15 is 0 Å². The Hall–Kier alpha value is -2.36. The van der Waals surface area contributed by atoms with Crippen molar-refractivity contribution in [1.29, 1.82) is 0 Å². The number of carbonyl (C=O) groups is 3. The zero-order valence-electron chi connectivity index (χ0n) is 15.0. The van der Waals surface area contributed by atoms with Crippen LogP contribution in [0.25, 0.3) is 17.0 Å². The van der Waals surface area contributed by atoms with Gasteiger partial charge in [-0.05, 0) is 36.9 Å². The maximum Gasteiger partial charge on any atom is 0.360 e. The van der Waals surface area contributed by atoms with Crippen LogP contribution in [0.1, 0.15) is 36.1 Å². The molecule has 0 radical (unpaired) electrons. The molecule has 0 fully saturated rings. The Kier molecular flexibility index (Phi) is 5.78. The molecule has 3 aromatic rings. The molecule has 0 spiro atoms. The van der Waals surface area contributed by atoms with E-state index in [-0.39, 0.29) is 33.8 Å². The number of aromatic nitrogens is 4. The van der Waals surface area contributed by atoms with E-state index in [9.17, 15) is 14.4 Å². The molecular formula is C17H14Cl2N4O4S. The normalized spacial score (nSPS) is 11.0. The van der Waals surface area contributed by atoms with Crippen LogP contribution in [-0.4, -0.2) is 43.0 Å². The number of benzene rings is 1. The van der Waals surface area contributed by atoms with Crippen molar-refractivity contribution >= 4 is 57.6 Å². The third kappa shape index (κ3) is 3.65. The third-order valence-corrected chi connectivity index (χ3v) is 5.21. The maximum atomic E-state index is 12.4. The standard InChI is InChI=1S/C17H14Cl2N4O4S/c1-4-27-17(26)13-14(28-9(3)25)16-22(8(2)24)21-15(23(16)20-13)10-5-6-11(18)12(19)7-10/h5-7H,4H2,1-3H3. The highest BCUT2D eigenvalue weighted by atomic mass is 35.5. The van der Waals surface area contributed by atoms with Crippen LogP contribution in [0, 0.1) is 0 Å². The van der Waals surface area contributed by atoms with E-state index in [2.05, 4.69) is 10.2 Å². The van der Waals surface area contributed by atoms with Gasteiger partial charge in [-0.15, -0.1) is 5.10 Å². The first-order chi connectivity index (χ1) is 13.2.